The molecule has 0 spiro atoms. The summed E-state index contributed by atoms with van der Waals surface area (Å²) in [5.41, 5.74) is 8.51. The minimum Gasteiger partial charge on any atom is -0.496 e. The Labute approximate surface area is 120 Å². The smallest absolute Gasteiger partial charge is 0.193 e. The Hall–Kier alpha value is -1.81. The Morgan fingerprint density at radius 2 is 1.79 bits per heavy atom. The molecule has 0 saturated heterocycles. The first-order chi connectivity index (χ1) is 9.02. The van der Waals surface area contributed by atoms with Crippen LogP contribution in [0.25, 0.3) is 0 Å². The fourth-order valence-corrected chi connectivity index (χ4v) is 2.18. The zero-order chi connectivity index (χ0) is 14.0. The average Bonchev–Trinajstić information content (AvgIpc) is 2.41. The third-order valence-corrected chi connectivity index (χ3v) is 3.62. The molecule has 0 aliphatic carbocycles. The standard InChI is InChI=1S/C15H14BrNO2/c1-9-3-4-11(8-14(9)19-2)15(18)10-5-6-13(17)12(16)7-10/h3-8H,17H2,1-2H3. The summed E-state index contributed by atoms with van der Waals surface area (Å²) in [4.78, 5) is 12.4. The van der Waals surface area contributed by atoms with Gasteiger partial charge in [0.1, 0.15) is 5.75 Å². The van der Waals surface area contributed by atoms with Crippen molar-refractivity contribution < 1.29 is 9.53 Å². The molecule has 0 atom stereocenters. The topological polar surface area (TPSA) is 52.3 Å². The van der Waals surface area contributed by atoms with Gasteiger partial charge < -0.3 is 10.5 Å². The number of nitrogen functional groups attached to an aromatic ring is 1. The van der Waals surface area contributed by atoms with Crippen molar-refractivity contribution in [3.05, 3.63) is 57.6 Å². The van der Waals surface area contributed by atoms with Crippen LogP contribution in [-0.2, 0) is 0 Å². The molecule has 2 aromatic carbocycles. The van der Waals surface area contributed by atoms with Crippen LogP contribution >= 0.6 is 15.9 Å². The number of hydrogen-bond acceptors (Lipinski definition) is 3. The van der Waals surface area contributed by atoms with E-state index in [1.807, 2.05) is 13.0 Å². The van der Waals surface area contributed by atoms with Gasteiger partial charge in [0, 0.05) is 21.3 Å². The Bertz CT molecular complexity index is 638. The molecule has 0 radical (unpaired) electrons. The molecule has 0 amide bonds. The highest BCUT2D eigenvalue weighted by Gasteiger charge is 2.12. The number of aryl methyl sites for hydroxylation is 1. The van der Waals surface area contributed by atoms with E-state index >= 15 is 0 Å². The number of benzene rings is 2. The van der Waals surface area contributed by atoms with E-state index in [9.17, 15) is 4.79 Å². The zero-order valence-corrected chi connectivity index (χ0v) is 12.3. The molecule has 0 aromatic heterocycles. The first-order valence-electron chi connectivity index (χ1n) is 5.77. The van der Waals surface area contributed by atoms with Gasteiger partial charge in [-0.3, -0.25) is 4.79 Å². The van der Waals surface area contributed by atoms with Crippen LogP contribution in [-0.4, -0.2) is 12.9 Å². The Balaban J connectivity index is 2.41. The molecule has 98 valence electrons. The Morgan fingerprint density at radius 1 is 1.16 bits per heavy atom. The van der Waals surface area contributed by atoms with Crippen LogP contribution in [0.5, 0.6) is 5.75 Å². The van der Waals surface area contributed by atoms with Gasteiger partial charge in [0.25, 0.3) is 0 Å². The van der Waals surface area contributed by atoms with E-state index in [0.717, 1.165) is 10.0 Å². The fraction of sp³-hybridized carbons (Fsp3) is 0.133. The van der Waals surface area contributed by atoms with E-state index in [1.54, 1.807) is 37.4 Å². The summed E-state index contributed by atoms with van der Waals surface area (Å²) >= 11 is 3.32. The van der Waals surface area contributed by atoms with E-state index in [0.29, 0.717) is 22.6 Å². The molecular formula is C15H14BrNO2. The fourth-order valence-electron chi connectivity index (χ4n) is 1.80. The number of ether oxygens (including phenoxy) is 1. The van der Waals surface area contributed by atoms with E-state index < -0.39 is 0 Å². The average molecular weight is 320 g/mol. The second kappa shape index (κ2) is 5.45. The maximum absolute atomic E-state index is 12.4. The van der Waals surface area contributed by atoms with E-state index in [4.69, 9.17) is 10.5 Å². The molecule has 19 heavy (non-hydrogen) atoms. The molecule has 2 aromatic rings. The summed E-state index contributed by atoms with van der Waals surface area (Å²) in [6.45, 7) is 1.94. The quantitative estimate of drug-likeness (QED) is 0.695. The van der Waals surface area contributed by atoms with Crippen molar-refractivity contribution in [2.24, 2.45) is 0 Å². The van der Waals surface area contributed by atoms with Crippen molar-refractivity contribution in [1.29, 1.82) is 0 Å². The summed E-state index contributed by atoms with van der Waals surface area (Å²) in [5.74, 6) is 0.652. The monoisotopic (exact) mass is 319 g/mol. The predicted octanol–water partition coefficient (Wildman–Crippen LogP) is 3.58. The van der Waals surface area contributed by atoms with Crippen molar-refractivity contribution in [2.45, 2.75) is 6.92 Å². The Kier molecular flexibility index (Phi) is 3.90. The molecule has 2 N–H and O–H groups in total. The van der Waals surface area contributed by atoms with Crippen molar-refractivity contribution in [3.63, 3.8) is 0 Å². The summed E-state index contributed by atoms with van der Waals surface area (Å²) in [7, 11) is 1.59. The maximum atomic E-state index is 12.4. The maximum Gasteiger partial charge on any atom is 0.193 e. The van der Waals surface area contributed by atoms with Gasteiger partial charge in [0.05, 0.1) is 7.11 Å². The number of hydrogen-bond donors (Lipinski definition) is 1. The van der Waals surface area contributed by atoms with Crippen LogP contribution in [0.15, 0.2) is 40.9 Å². The highest BCUT2D eigenvalue weighted by Crippen LogP contribution is 2.24. The third-order valence-electron chi connectivity index (χ3n) is 2.93. The molecule has 4 heteroatoms. The third kappa shape index (κ3) is 2.79. The molecule has 2 rings (SSSR count). The van der Waals surface area contributed by atoms with Crippen LogP contribution in [0.1, 0.15) is 21.5 Å². The second-order valence-electron chi connectivity index (χ2n) is 4.25. The molecule has 0 fully saturated rings. The van der Waals surface area contributed by atoms with Crippen LogP contribution < -0.4 is 10.5 Å². The van der Waals surface area contributed by atoms with Crippen molar-refractivity contribution in [2.75, 3.05) is 12.8 Å². The van der Waals surface area contributed by atoms with Crippen molar-refractivity contribution in [3.8, 4) is 5.75 Å². The molecule has 0 unspecified atom stereocenters. The molecule has 3 nitrogen and oxygen atoms in total. The molecule has 0 aliphatic rings. The normalized spacial score (nSPS) is 10.3. The number of ketones is 1. The molecule has 0 aliphatic heterocycles. The lowest BCUT2D eigenvalue weighted by molar-refractivity contribution is 0.103. The highest BCUT2D eigenvalue weighted by atomic mass is 79.9. The lowest BCUT2D eigenvalue weighted by atomic mass is 10.0. The van der Waals surface area contributed by atoms with Gasteiger partial charge in [-0.05, 0) is 52.7 Å². The summed E-state index contributed by atoms with van der Waals surface area (Å²) in [6, 6.07) is 10.6. The lowest BCUT2D eigenvalue weighted by Crippen LogP contribution is -2.03. The minimum atomic E-state index is -0.0565. The zero-order valence-electron chi connectivity index (χ0n) is 10.7. The van der Waals surface area contributed by atoms with Crippen LogP contribution in [0.4, 0.5) is 5.69 Å². The molecule has 0 saturated carbocycles. The number of carbonyl (C=O) groups excluding carboxylic acids is 1. The molecule has 0 bridgehead atoms. The summed E-state index contributed by atoms with van der Waals surface area (Å²) < 4.78 is 5.95. The van der Waals surface area contributed by atoms with E-state index in [1.165, 1.54) is 0 Å². The van der Waals surface area contributed by atoms with Gasteiger partial charge in [-0.1, -0.05) is 12.1 Å². The van der Waals surface area contributed by atoms with Crippen molar-refractivity contribution in [1.82, 2.24) is 0 Å². The summed E-state index contributed by atoms with van der Waals surface area (Å²) in [6.07, 6.45) is 0. The van der Waals surface area contributed by atoms with Crippen LogP contribution in [0.2, 0.25) is 0 Å². The van der Waals surface area contributed by atoms with Gasteiger partial charge in [0.15, 0.2) is 5.78 Å². The second-order valence-corrected chi connectivity index (χ2v) is 5.10. The first kappa shape index (κ1) is 13.6. The lowest BCUT2D eigenvalue weighted by Gasteiger charge is -2.08. The van der Waals surface area contributed by atoms with Gasteiger partial charge in [0.2, 0.25) is 0 Å². The number of methoxy groups -OCH3 is 1. The van der Waals surface area contributed by atoms with E-state index in [2.05, 4.69) is 15.9 Å². The number of nitrogens with two attached hydrogens (primary N) is 1. The van der Waals surface area contributed by atoms with Crippen LogP contribution in [0, 0.1) is 6.92 Å². The van der Waals surface area contributed by atoms with Crippen LogP contribution in [0.3, 0.4) is 0 Å². The number of rotatable bonds is 3. The van der Waals surface area contributed by atoms with Gasteiger partial charge in [-0.15, -0.1) is 0 Å². The number of anilines is 1. The van der Waals surface area contributed by atoms with E-state index in [-0.39, 0.29) is 5.78 Å². The van der Waals surface area contributed by atoms with Gasteiger partial charge >= 0.3 is 0 Å². The Morgan fingerprint density at radius 3 is 2.42 bits per heavy atom. The van der Waals surface area contributed by atoms with Gasteiger partial charge in [-0.2, -0.15) is 0 Å². The molecular weight excluding hydrogens is 306 g/mol. The largest absolute Gasteiger partial charge is 0.496 e. The number of carbonyl (C=O) groups is 1. The first-order valence-corrected chi connectivity index (χ1v) is 6.56. The SMILES string of the molecule is COc1cc(C(=O)c2ccc(N)c(Br)c2)ccc1C. The van der Waals surface area contributed by atoms with Crippen molar-refractivity contribution >= 4 is 27.4 Å². The van der Waals surface area contributed by atoms with Gasteiger partial charge in [-0.25, -0.2) is 0 Å². The minimum absolute atomic E-state index is 0.0565. The highest BCUT2D eigenvalue weighted by molar-refractivity contribution is 9.10. The number of halogens is 1. The summed E-state index contributed by atoms with van der Waals surface area (Å²) in [5, 5.41) is 0. The predicted molar refractivity (Wildman–Crippen MR) is 79.7 cm³/mol. The molecule has 0 heterocycles.